The first-order chi connectivity index (χ1) is 9.01. The van der Waals surface area contributed by atoms with Gasteiger partial charge in [0.2, 0.25) is 0 Å². The summed E-state index contributed by atoms with van der Waals surface area (Å²) in [5.74, 6) is 0.294. The molecule has 0 aliphatic heterocycles. The zero-order valence-electron chi connectivity index (χ0n) is 12.6. The van der Waals surface area contributed by atoms with Crippen molar-refractivity contribution in [3.8, 4) is 0 Å². The molecule has 0 aliphatic rings. The molecule has 0 saturated heterocycles. The lowest BCUT2D eigenvalue weighted by molar-refractivity contribution is 0.0524. The number of rotatable bonds is 7. The molecule has 19 heavy (non-hydrogen) atoms. The van der Waals surface area contributed by atoms with Crippen molar-refractivity contribution in [2.75, 3.05) is 6.61 Å². The first-order valence-corrected chi connectivity index (χ1v) is 6.92. The van der Waals surface area contributed by atoms with Gasteiger partial charge in [-0.15, -0.1) is 0 Å². The van der Waals surface area contributed by atoms with Gasteiger partial charge >= 0.3 is 5.97 Å². The molecule has 0 spiro atoms. The number of ether oxygens (including phenoxy) is 1. The van der Waals surface area contributed by atoms with Gasteiger partial charge in [0, 0.05) is 19.6 Å². The Labute approximate surface area is 115 Å². The third kappa shape index (κ3) is 4.06. The van der Waals surface area contributed by atoms with E-state index >= 15 is 0 Å². The van der Waals surface area contributed by atoms with Crippen LogP contribution in [0, 0.1) is 5.92 Å². The van der Waals surface area contributed by atoms with E-state index in [1.165, 1.54) is 0 Å². The van der Waals surface area contributed by atoms with Crippen LogP contribution in [0.4, 0.5) is 0 Å². The minimum atomic E-state index is -0.302. The van der Waals surface area contributed by atoms with Crippen LogP contribution < -0.4 is 5.32 Å². The topological polar surface area (TPSA) is 56.1 Å². The number of carbonyl (C=O) groups excluding carboxylic acids is 1. The van der Waals surface area contributed by atoms with Crippen molar-refractivity contribution in [1.82, 2.24) is 15.1 Å². The molecule has 0 fully saturated rings. The summed E-state index contributed by atoms with van der Waals surface area (Å²) in [5.41, 5.74) is 1.42. The number of carbonyl (C=O) groups is 1. The van der Waals surface area contributed by atoms with Crippen molar-refractivity contribution in [3.63, 3.8) is 0 Å². The molecule has 0 aromatic carbocycles. The second kappa shape index (κ2) is 7.28. The summed E-state index contributed by atoms with van der Waals surface area (Å²) >= 11 is 0. The Hall–Kier alpha value is -1.36. The molecular weight excluding hydrogens is 242 g/mol. The van der Waals surface area contributed by atoms with E-state index in [-0.39, 0.29) is 5.97 Å². The normalized spacial score (nSPS) is 14.2. The summed E-state index contributed by atoms with van der Waals surface area (Å²) in [7, 11) is 1.84. The van der Waals surface area contributed by atoms with Crippen LogP contribution in [-0.4, -0.2) is 28.4 Å². The lowest BCUT2D eigenvalue weighted by Gasteiger charge is -2.20. The molecule has 0 saturated carbocycles. The molecular formula is C14H25N3O2. The maximum absolute atomic E-state index is 11.8. The average Bonchev–Trinajstić information content (AvgIpc) is 2.76. The SMILES string of the molecule is CCOC(=O)c1cnn(C)c1CNC(C)C(C)CC. The summed E-state index contributed by atoms with van der Waals surface area (Å²) in [6.07, 6.45) is 2.70. The van der Waals surface area contributed by atoms with Crippen molar-refractivity contribution in [2.45, 2.75) is 46.7 Å². The highest BCUT2D eigenvalue weighted by molar-refractivity contribution is 5.90. The standard InChI is InChI=1S/C14H25N3O2/c1-6-10(3)11(4)15-9-13-12(8-16-17(13)5)14(18)19-7-2/h8,10-11,15H,6-7,9H2,1-5H3. The zero-order chi connectivity index (χ0) is 14.4. The van der Waals surface area contributed by atoms with Crippen LogP contribution in [-0.2, 0) is 18.3 Å². The van der Waals surface area contributed by atoms with Crippen LogP contribution in [0.3, 0.4) is 0 Å². The first kappa shape index (κ1) is 15.7. The lowest BCUT2D eigenvalue weighted by Crippen LogP contribution is -2.32. The summed E-state index contributed by atoms with van der Waals surface area (Å²) in [6, 6.07) is 0.398. The predicted octanol–water partition coefficient (Wildman–Crippen LogP) is 2.12. The first-order valence-electron chi connectivity index (χ1n) is 6.92. The molecule has 108 valence electrons. The van der Waals surface area contributed by atoms with Gasteiger partial charge in [0.15, 0.2) is 0 Å². The number of aryl methyl sites for hydroxylation is 1. The van der Waals surface area contributed by atoms with E-state index in [9.17, 15) is 4.79 Å². The fourth-order valence-electron chi connectivity index (χ4n) is 1.86. The summed E-state index contributed by atoms with van der Waals surface area (Å²) in [5, 5.41) is 7.58. The van der Waals surface area contributed by atoms with E-state index in [4.69, 9.17) is 4.74 Å². The van der Waals surface area contributed by atoms with Crippen molar-refractivity contribution in [1.29, 1.82) is 0 Å². The molecule has 2 atom stereocenters. The molecule has 5 heteroatoms. The minimum absolute atomic E-state index is 0.302. The maximum atomic E-state index is 11.8. The zero-order valence-corrected chi connectivity index (χ0v) is 12.6. The van der Waals surface area contributed by atoms with Gasteiger partial charge in [-0.2, -0.15) is 5.10 Å². The molecule has 2 unspecified atom stereocenters. The largest absolute Gasteiger partial charge is 0.462 e. The third-order valence-corrected chi connectivity index (χ3v) is 3.65. The van der Waals surface area contributed by atoms with Crippen molar-refractivity contribution in [3.05, 3.63) is 17.5 Å². The van der Waals surface area contributed by atoms with Gasteiger partial charge < -0.3 is 10.1 Å². The van der Waals surface area contributed by atoms with Gasteiger partial charge in [-0.05, 0) is 19.8 Å². The Morgan fingerprint density at radius 1 is 1.47 bits per heavy atom. The van der Waals surface area contributed by atoms with Crippen molar-refractivity contribution < 1.29 is 9.53 Å². The van der Waals surface area contributed by atoms with E-state index in [1.54, 1.807) is 17.8 Å². The van der Waals surface area contributed by atoms with Crippen LogP contribution >= 0.6 is 0 Å². The van der Waals surface area contributed by atoms with Crippen LogP contribution in [0.1, 0.15) is 50.2 Å². The van der Waals surface area contributed by atoms with E-state index in [0.29, 0.717) is 30.7 Å². The van der Waals surface area contributed by atoms with Crippen LogP contribution in [0.25, 0.3) is 0 Å². The minimum Gasteiger partial charge on any atom is -0.462 e. The molecule has 1 rings (SSSR count). The fourth-order valence-corrected chi connectivity index (χ4v) is 1.86. The number of hydrogen-bond donors (Lipinski definition) is 1. The third-order valence-electron chi connectivity index (χ3n) is 3.65. The highest BCUT2D eigenvalue weighted by atomic mass is 16.5. The second-order valence-electron chi connectivity index (χ2n) is 4.90. The average molecular weight is 267 g/mol. The maximum Gasteiger partial charge on any atom is 0.341 e. The van der Waals surface area contributed by atoms with Gasteiger partial charge in [0.25, 0.3) is 0 Å². The molecule has 0 radical (unpaired) electrons. The Bertz CT molecular complexity index is 415. The summed E-state index contributed by atoms with van der Waals surface area (Å²) < 4.78 is 6.76. The van der Waals surface area contributed by atoms with Crippen LogP contribution in [0.5, 0.6) is 0 Å². The summed E-state index contributed by atoms with van der Waals surface area (Å²) in [6.45, 7) is 9.36. The Morgan fingerprint density at radius 3 is 2.74 bits per heavy atom. The van der Waals surface area contributed by atoms with Gasteiger partial charge in [0.1, 0.15) is 5.56 Å². The molecule has 1 aromatic rings. The predicted molar refractivity (Wildman–Crippen MR) is 74.9 cm³/mol. The highest BCUT2D eigenvalue weighted by Crippen LogP contribution is 2.12. The van der Waals surface area contributed by atoms with Gasteiger partial charge in [-0.3, -0.25) is 4.68 Å². The number of nitrogens with one attached hydrogen (secondary N) is 1. The Balaban J connectivity index is 2.72. The number of aromatic nitrogens is 2. The summed E-state index contributed by atoms with van der Waals surface area (Å²) in [4.78, 5) is 11.8. The second-order valence-corrected chi connectivity index (χ2v) is 4.90. The molecule has 1 heterocycles. The molecule has 0 aliphatic carbocycles. The van der Waals surface area contributed by atoms with Crippen molar-refractivity contribution >= 4 is 5.97 Å². The molecule has 0 amide bonds. The number of nitrogens with zero attached hydrogens (tertiary/aromatic N) is 2. The smallest absolute Gasteiger partial charge is 0.341 e. The number of hydrogen-bond acceptors (Lipinski definition) is 4. The van der Waals surface area contributed by atoms with E-state index < -0.39 is 0 Å². The quantitative estimate of drug-likeness (QED) is 0.769. The Morgan fingerprint density at radius 2 is 2.16 bits per heavy atom. The monoisotopic (exact) mass is 267 g/mol. The molecule has 1 N–H and O–H groups in total. The fraction of sp³-hybridized carbons (Fsp3) is 0.714. The van der Waals surface area contributed by atoms with Gasteiger partial charge in [0.05, 0.1) is 18.5 Å². The van der Waals surface area contributed by atoms with Gasteiger partial charge in [-0.25, -0.2) is 4.79 Å². The Kier molecular flexibility index (Phi) is 6.02. The van der Waals surface area contributed by atoms with Crippen LogP contribution in [0.15, 0.2) is 6.20 Å². The molecule has 0 bridgehead atoms. The van der Waals surface area contributed by atoms with Gasteiger partial charge in [-0.1, -0.05) is 20.3 Å². The number of esters is 1. The van der Waals surface area contributed by atoms with Crippen LogP contribution in [0.2, 0.25) is 0 Å². The van der Waals surface area contributed by atoms with Crippen molar-refractivity contribution in [2.24, 2.45) is 13.0 Å². The highest BCUT2D eigenvalue weighted by Gasteiger charge is 2.18. The molecule has 5 nitrogen and oxygen atoms in total. The van der Waals surface area contributed by atoms with E-state index in [2.05, 4.69) is 31.2 Å². The molecule has 1 aromatic heterocycles. The lowest BCUT2D eigenvalue weighted by atomic mass is 10.0. The van der Waals surface area contributed by atoms with E-state index in [0.717, 1.165) is 12.1 Å². The van der Waals surface area contributed by atoms with E-state index in [1.807, 2.05) is 7.05 Å².